The summed E-state index contributed by atoms with van der Waals surface area (Å²) >= 11 is 0. The third-order valence-electron chi connectivity index (χ3n) is 3.05. The summed E-state index contributed by atoms with van der Waals surface area (Å²) in [5.74, 6) is 2.04. The van der Waals surface area contributed by atoms with Gasteiger partial charge in [0, 0.05) is 31.6 Å². The Morgan fingerprint density at radius 3 is 2.80 bits per heavy atom. The van der Waals surface area contributed by atoms with Crippen molar-refractivity contribution in [3.05, 3.63) is 17.9 Å². The number of furan rings is 1. The van der Waals surface area contributed by atoms with Gasteiger partial charge in [-0.3, -0.25) is 0 Å². The summed E-state index contributed by atoms with van der Waals surface area (Å²) in [7, 11) is 0. The van der Waals surface area contributed by atoms with Crippen LogP contribution in [0.5, 0.6) is 0 Å². The van der Waals surface area contributed by atoms with Crippen molar-refractivity contribution in [3.8, 4) is 0 Å². The first-order valence-electron chi connectivity index (χ1n) is 5.89. The van der Waals surface area contributed by atoms with Gasteiger partial charge in [-0.2, -0.15) is 0 Å². The molecule has 0 aromatic carbocycles. The molecule has 1 fully saturated rings. The maximum absolute atomic E-state index is 5.89. The van der Waals surface area contributed by atoms with Gasteiger partial charge in [-0.05, 0) is 25.3 Å². The van der Waals surface area contributed by atoms with E-state index in [0.29, 0.717) is 0 Å². The minimum atomic E-state index is 0.225. The Morgan fingerprint density at radius 2 is 2.13 bits per heavy atom. The van der Waals surface area contributed by atoms with Crippen LogP contribution < -0.4 is 10.6 Å². The van der Waals surface area contributed by atoms with E-state index in [4.69, 9.17) is 10.2 Å². The maximum atomic E-state index is 5.89. The van der Waals surface area contributed by atoms with Gasteiger partial charge in [-0.25, -0.2) is 0 Å². The van der Waals surface area contributed by atoms with Crippen molar-refractivity contribution < 1.29 is 4.42 Å². The van der Waals surface area contributed by atoms with Crippen molar-refractivity contribution in [1.29, 1.82) is 0 Å². The van der Waals surface area contributed by atoms with Gasteiger partial charge in [0.2, 0.25) is 0 Å². The lowest BCUT2D eigenvalue weighted by atomic mass is 10.1. The second-order valence-corrected chi connectivity index (χ2v) is 4.31. The molecule has 2 heterocycles. The zero-order valence-corrected chi connectivity index (χ0v) is 9.41. The number of nitrogens with two attached hydrogens (primary N) is 1. The summed E-state index contributed by atoms with van der Waals surface area (Å²) < 4.78 is 5.79. The van der Waals surface area contributed by atoms with Crippen LogP contribution in [0.15, 0.2) is 16.5 Å². The first-order valence-corrected chi connectivity index (χ1v) is 5.89. The molecule has 0 radical (unpaired) electrons. The van der Waals surface area contributed by atoms with Crippen molar-refractivity contribution in [3.63, 3.8) is 0 Å². The largest absolute Gasteiger partial charge is 0.446 e. The molecule has 1 aliphatic rings. The first-order chi connectivity index (χ1) is 7.29. The number of hydrogen-bond acceptors (Lipinski definition) is 3. The molecular formula is C12H20N2O. The highest BCUT2D eigenvalue weighted by Crippen LogP contribution is 2.23. The van der Waals surface area contributed by atoms with Gasteiger partial charge < -0.3 is 15.1 Å². The fourth-order valence-corrected chi connectivity index (χ4v) is 1.99. The summed E-state index contributed by atoms with van der Waals surface area (Å²) in [5, 5.41) is 0. The van der Waals surface area contributed by atoms with E-state index in [2.05, 4.69) is 24.0 Å². The summed E-state index contributed by atoms with van der Waals surface area (Å²) in [6, 6.07) is 4.36. The normalized spacial score (nSPS) is 18.4. The molecule has 1 aromatic heterocycles. The van der Waals surface area contributed by atoms with Crippen LogP contribution in [0.1, 0.15) is 31.9 Å². The second-order valence-electron chi connectivity index (χ2n) is 4.31. The quantitative estimate of drug-likeness (QED) is 0.824. The monoisotopic (exact) mass is 208 g/mol. The molecule has 0 aliphatic carbocycles. The molecular weight excluding hydrogens is 188 g/mol. The summed E-state index contributed by atoms with van der Waals surface area (Å²) in [6.45, 7) is 4.37. The van der Waals surface area contributed by atoms with E-state index >= 15 is 0 Å². The van der Waals surface area contributed by atoms with Gasteiger partial charge in [0.1, 0.15) is 5.76 Å². The third kappa shape index (κ3) is 2.53. The van der Waals surface area contributed by atoms with Crippen LogP contribution >= 0.6 is 0 Å². The van der Waals surface area contributed by atoms with Gasteiger partial charge in [-0.1, -0.05) is 6.92 Å². The Hall–Kier alpha value is -0.960. The van der Waals surface area contributed by atoms with Gasteiger partial charge in [0.25, 0.3) is 0 Å². The Kier molecular flexibility index (Phi) is 3.31. The molecule has 3 heteroatoms. The molecule has 2 rings (SSSR count). The molecule has 3 nitrogen and oxygen atoms in total. The van der Waals surface area contributed by atoms with E-state index in [1.807, 2.05) is 0 Å². The SMILES string of the molecule is CCC(N)Cc1ccc(N2CCCC2)o1. The summed E-state index contributed by atoms with van der Waals surface area (Å²) in [5.41, 5.74) is 5.89. The lowest BCUT2D eigenvalue weighted by molar-refractivity contribution is 0.478. The van der Waals surface area contributed by atoms with Crippen LogP contribution in [0.4, 0.5) is 5.88 Å². The minimum absolute atomic E-state index is 0.225. The number of hydrogen-bond donors (Lipinski definition) is 1. The molecule has 84 valence electrons. The number of rotatable bonds is 4. The molecule has 0 amide bonds. The van der Waals surface area contributed by atoms with Crippen LogP contribution in [-0.4, -0.2) is 19.1 Å². The molecule has 1 aromatic rings. The molecule has 1 atom stereocenters. The number of anilines is 1. The predicted molar refractivity (Wildman–Crippen MR) is 62.1 cm³/mol. The molecule has 1 unspecified atom stereocenters. The molecule has 2 N–H and O–H groups in total. The van der Waals surface area contributed by atoms with Crippen LogP contribution in [-0.2, 0) is 6.42 Å². The van der Waals surface area contributed by atoms with Gasteiger partial charge in [-0.15, -0.1) is 0 Å². The van der Waals surface area contributed by atoms with E-state index in [0.717, 1.165) is 37.6 Å². The molecule has 0 spiro atoms. The fourth-order valence-electron chi connectivity index (χ4n) is 1.99. The summed E-state index contributed by atoms with van der Waals surface area (Å²) in [6.07, 6.45) is 4.42. The van der Waals surface area contributed by atoms with Gasteiger partial charge >= 0.3 is 0 Å². The van der Waals surface area contributed by atoms with E-state index in [-0.39, 0.29) is 6.04 Å². The molecule has 0 saturated carbocycles. The Bertz CT molecular complexity index is 302. The van der Waals surface area contributed by atoms with Crippen LogP contribution in [0, 0.1) is 0 Å². The van der Waals surface area contributed by atoms with Crippen LogP contribution in [0.25, 0.3) is 0 Å². The van der Waals surface area contributed by atoms with Gasteiger partial charge in [0.05, 0.1) is 0 Å². The smallest absolute Gasteiger partial charge is 0.195 e. The average Bonchev–Trinajstić information content (AvgIpc) is 2.85. The third-order valence-corrected chi connectivity index (χ3v) is 3.05. The zero-order chi connectivity index (χ0) is 10.7. The van der Waals surface area contributed by atoms with E-state index in [1.165, 1.54) is 12.8 Å². The second kappa shape index (κ2) is 4.71. The highest BCUT2D eigenvalue weighted by atomic mass is 16.4. The minimum Gasteiger partial charge on any atom is -0.446 e. The fraction of sp³-hybridized carbons (Fsp3) is 0.667. The van der Waals surface area contributed by atoms with Crippen molar-refractivity contribution >= 4 is 5.88 Å². The standard InChI is InChI=1S/C12H20N2O/c1-2-10(13)9-11-5-6-12(15-11)14-7-3-4-8-14/h5-6,10H,2-4,7-9,13H2,1H3. The van der Waals surface area contributed by atoms with Gasteiger partial charge in [0.15, 0.2) is 5.88 Å². The van der Waals surface area contributed by atoms with Crippen molar-refractivity contribution in [2.45, 2.75) is 38.6 Å². The van der Waals surface area contributed by atoms with E-state index in [1.54, 1.807) is 0 Å². The predicted octanol–water partition coefficient (Wildman–Crippen LogP) is 2.16. The van der Waals surface area contributed by atoms with E-state index in [9.17, 15) is 0 Å². The first kappa shape index (κ1) is 10.6. The lowest BCUT2D eigenvalue weighted by Crippen LogP contribution is -2.21. The average molecular weight is 208 g/mol. The lowest BCUT2D eigenvalue weighted by Gasteiger charge is -2.13. The van der Waals surface area contributed by atoms with Crippen molar-refractivity contribution in [2.24, 2.45) is 5.73 Å². The number of nitrogens with zero attached hydrogens (tertiary/aromatic N) is 1. The van der Waals surface area contributed by atoms with Crippen LogP contribution in [0.3, 0.4) is 0 Å². The molecule has 1 saturated heterocycles. The highest BCUT2D eigenvalue weighted by molar-refractivity contribution is 5.37. The van der Waals surface area contributed by atoms with Crippen molar-refractivity contribution in [2.75, 3.05) is 18.0 Å². The Balaban J connectivity index is 1.97. The Labute approximate surface area is 91.2 Å². The zero-order valence-electron chi connectivity index (χ0n) is 9.41. The highest BCUT2D eigenvalue weighted by Gasteiger charge is 2.16. The molecule has 15 heavy (non-hydrogen) atoms. The van der Waals surface area contributed by atoms with E-state index < -0.39 is 0 Å². The van der Waals surface area contributed by atoms with Crippen LogP contribution in [0.2, 0.25) is 0 Å². The summed E-state index contributed by atoms with van der Waals surface area (Å²) in [4.78, 5) is 2.31. The Morgan fingerprint density at radius 1 is 1.40 bits per heavy atom. The maximum Gasteiger partial charge on any atom is 0.195 e. The van der Waals surface area contributed by atoms with Crippen molar-refractivity contribution in [1.82, 2.24) is 0 Å². The topological polar surface area (TPSA) is 42.4 Å². The molecule has 0 bridgehead atoms. The molecule has 1 aliphatic heterocycles.